The Balaban J connectivity index is 2.04. The van der Waals surface area contributed by atoms with Crippen LogP contribution in [-0.4, -0.2) is 35.5 Å². The average Bonchev–Trinajstić information content (AvgIpc) is 2.65. The zero-order valence-electron chi connectivity index (χ0n) is 14.0. The van der Waals surface area contributed by atoms with Crippen LogP contribution in [0.4, 0.5) is 0 Å². The summed E-state index contributed by atoms with van der Waals surface area (Å²) in [6.07, 6.45) is 3.18. The highest BCUT2D eigenvalue weighted by molar-refractivity contribution is 5.96. The van der Waals surface area contributed by atoms with Gasteiger partial charge in [-0.2, -0.15) is 0 Å². The number of nitrogens with one attached hydrogen (secondary N) is 2. The molecule has 0 heterocycles. The maximum Gasteiger partial charge on any atom is 0.322 e. The zero-order chi connectivity index (χ0) is 18.8. The maximum absolute atomic E-state index is 12.2. The number of carboxylic acids is 1. The first-order chi connectivity index (χ1) is 12.5. The normalized spacial score (nSPS) is 11.7. The summed E-state index contributed by atoms with van der Waals surface area (Å²) in [6, 6.07) is 18.4. The SMILES string of the molecule is O=C(O)CNC(=O)C(Cc1[c]cccc1)NC(=O)C=Cc1ccccc1. The summed E-state index contributed by atoms with van der Waals surface area (Å²) < 4.78 is 0. The summed E-state index contributed by atoms with van der Waals surface area (Å²) in [7, 11) is 0. The van der Waals surface area contributed by atoms with Gasteiger partial charge >= 0.3 is 5.97 Å². The number of carbonyl (C=O) groups is 3. The lowest BCUT2D eigenvalue weighted by molar-refractivity contribution is -0.138. The minimum absolute atomic E-state index is 0.206. The van der Waals surface area contributed by atoms with E-state index in [0.717, 1.165) is 11.1 Å². The van der Waals surface area contributed by atoms with Crippen molar-refractivity contribution in [3.8, 4) is 0 Å². The van der Waals surface area contributed by atoms with Crippen molar-refractivity contribution in [2.45, 2.75) is 12.5 Å². The van der Waals surface area contributed by atoms with Crippen molar-refractivity contribution in [2.75, 3.05) is 6.54 Å². The Hall–Kier alpha value is -3.41. The van der Waals surface area contributed by atoms with Gasteiger partial charge in [-0.15, -0.1) is 0 Å². The minimum Gasteiger partial charge on any atom is -0.480 e. The smallest absolute Gasteiger partial charge is 0.322 e. The first-order valence-corrected chi connectivity index (χ1v) is 8.03. The van der Waals surface area contributed by atoms with Gasteiger partial charge in [0.05, 0.1) is 0 Å². The highest BCUT2D eigenvalue weighted by Gasteiger charge is 2.20. The number of aliphatic carboxylic acids is 1. The molecule has 0 bridgehead atoms. The topological polar surface area (TPSA) is 95.5 Å². The van der Waals surface area contributed by atoms with E-state index in [4.69, 9.17) is 5.11 Å². The lowest BCUT2D eigenvalue weighted by Crippen LogP contribution is -2.48. The summed E-state index contributed by atoms with van der Waals surface area (Å²) in [5, 5.41) is 13.6. The number of hydrogen-bond acceptors (Lipinski definition) is 3. The molecule has 2 amide bonds. The average molecular weight is 351 g/mol. The Morgan fingerprint density at radius 3 is 2.46 bits per heavy atom. The van der Waals surface area contributed by atoms with Crippen molar-refractivity contribution < 1.29 is 19.5 Å². The highest BCUT2D eigenvalue weighted by atomic mass is 16.4. The third-order valence-corrected chi connectivity index (χ3v) is 3.47. The first-order valence-electron chi connectivity index (χ1n) is 8.03. The third kappa shape index (κ3) is 6.60. The first kappa shape index (κ1) is 18.9. The molecule has 2 aromatic carbocycles. The number of carboxylic acid groups (broad SMARTS) is 1. The fraction of sp³-hybridized carbons (Fsp3) is 0.150. The molecule has 0 spiro atoms. The highest BCUT2D eigenvalue weighted by Crippen LogP contribution is 2.04. The van der Waals surface area contributed by atoms with E-state index in [-0.39, 0.29) is 6.42 Å². The fourth-order valence-electron chi connectivity index (χ4n) is 2.23. The van der Waals surface area contributed by atoms with E-state index in [1.54, 1.807) is 30.3 Å². The number of benzene rings is 2. The van der Waals surface area contributed by atoms with E-state index < -0.39 is 30.4 Å². The van der Waals surface area contributed by atoms with Gasteiger partial charge < -0.3 is 15.7 Å². The fourth-order valence-corrected chi connectivity index (χ4v) is 2.23. The molecule has 0 saturated carbocycles. The molecule has 0 fully saturated rings. The minimum atomic E-state index is -1.15. The summed E-state index contributed by atoms with van der Waals surface area (Å²) in [5.74, 6) is -2.16. The van der Waals surface area contributed by atoms with Crippen LogP contribution < -0.4 is 10.6 Å². The predicted octanol–water partition coefficient (Wildman–Crippen LogP) is 1.43. The summed E-state index contributed by atoms with van der Waals surface area (Å²) in [4.78, 5) is 35.0. The van der Waals surface area contributed by atoms with Gasteiger partial charge in [-0.1, -0.05) is 54.6 Å². The Morgan fingerprint density at radius 2 is 1.81 bits per heavy atom. The van der Waals surface area contributed by atoms with E-state index >= 15 is 0 Å². The Bertz CT molecular complexity index is 773. The van der Waals surface area contributed by atoms with Crippen LogP contribution >= 0.6 is 0 Å². The molecule has 2 aromatic rings. The van der Waals surface area contributed by atoms with E-state index in [9.17, 15) is 14.4 Å². The second-order valence-corrected chi connectivity index (χ2v) is 5.51. The van der Waals surface area contributed by atoms with E-state index in [1.165, 1.54) is 6.08 Å². The van der Waals surface area contributed by atoms with E-state index in [1.807, 2.05) is 30.3 Å². The molecule has 0 aromatic heterocycles. The quantitative estimate of drug-likeness (QED) is 0.627. The zero-order valence-corrected chi connectivity index (χ0v) is 14.0. The molecule has 1 radical (unpaired) electrons. The summed E-state index contributed by atoms with van der Waals surface area (Å²) in [6.45, 7) is -0.510. The summed E-state index contributed by atoms with van der Waals surface area (Å²) in [5.41, 5.74) is 1.58. The van der Waals surface area contributed by atoms with Crippen LogP contribution in [0.5, 0.6) is 0 Å². The van der Waals surface area contributed by atoms with Crippen LogP contribution in [0.3, 0.4) is 0 Å². The van der Waals surface area contributed by atoms with Gasteiger partial charge in [0.15, 0.2) is 0 Å². The van der Waals surface area contributed by atoms with Crippen molar-refractivity contribution >= 4 is 23.9 Å². The molecule has 3 N–H and O–H groups in total. The second-order valence-electron chi connectivity index (χ2n) is 5.51. The number of amides is 2. The van der Waals surface area contributed by atoms with Gasteiger partial charge in [0, 0.05) is 12.5 Å². The Labute approximate surface area is 151 Å². The van der Waals surface area contributed by atoms with Gasteiger partial charge in [-0.25, -0.2) is 0 Å². The molecule has 6 heteroatoms. The number of rotatable bonds is 8. The van der Waals surface area contributed by atoms with Crippen LogP contribution in [0.2, 0.25) is 0 Å². The van der Waals surface area contributed by atoms with Crippen molar-refractivity contribution in [1.82, 2.24) is 10.6 Å². The maximum atomic E-state index is 12.2. The van der Waals surface area contributed by atoms with Gasteiger partial charge in [-0.05, 0) is 23.3 Å². The van der Waals surface area contributed by atoms with E-state index in [0.29, 0.717) is 0 Å². The van der Waals surface area contributed by atoms with Crippen molar-refractivity contribution in [2.24, 2.45) is 0 Å². The molecule has 133 valence electrons. The molecule has 0 aliphatic heterocycles. The largest absolute Gasteiger partial charge is 0.480 e. The Morgan fingerprint density at radius 1 is 1.08 bits per heavy atom. The Kier molecular flexibility index (Phi) is 7.12. The van der Waals surface area contributed by atoms with Crippen LogP contribution in [0, 0.1) is 6.07 Å². The molecule has 26 heavy (non-hydrogen) atoms. The van der Waals surface area contributed by atoms with Gasteiger partial charge in [0.25, 0.3) is 0 Å². The van der Waals surface area contributed by atoms with Crippen molar-refractivity contribution in [3.05, 3.63) is 77.9 Å². The molecule has 6 nitrogen and oxygen atoms in total. The molecular formula is C20H19N2O4. The second kappa shape index (κ2) is 9.78. The molecule has 0 aliphatic carbocycles. The van der Waals surface area contributed by atoms with E-state index in [2.05, 4.69) is 16.7 Å². The molecule has 2 rings (SSSR count). The van der Waals surface area contributed by atoms with Crippen LogP contribution in [0.15, 0.2) is 60.7 Å². The lowest BCUT2D eigenvalue weighted by Gasteiger charge is -2.17. The van der Waals surface area contributed by atoms with Crippen molar-refractivity contribution in [3.63, 3.8) is 0 Å². The molecule has 0 saturated heterocycles. The van der Waals surface area contributed by atoms with Gasteiger partial charge in [0.1, 0.15) is 12.6 Å². The molecule has 1 atom stereocenters. The molecule has 1 unspecified atom stereocenters. The van der Waals surface area contributed by atoms with Crippen LogP contribution in [0.25, 0.3) is 6.08 Å². The number of carbonyl (C=O) groups excluding carboxylic acids is 2. The van der Waals surface area contributed by atoms with Crippen LogP contribution in [-0.2, 0) is 20.8 Å². The standard InChI is InChI=1S/C20H19N2O4/c23-18(12-11-15-7-3-1-4-8-15)22-17(20(26)21-14-19(24)25)13-16-9-5-2-6-10-16/h1-9,11-12,17H,13-14H2,(H,21,26)(H,22,23)(H,24,25). The van der Waals surface area contributed by atoms with Crippen molar-refractivity contribution in [1.29, 1.82) is 0 Å². The van der Waals surface area contributed by atoms with Gasteiger partial charge in [0.2, 0.25) is 11.8 Å². The molecular weight excluding hydrogens is 332 g/mol. The predicted molar refractivity (Wildman–Crippen MR) is 97.0 cm³/mol. The number of hydrogen-bond donors (Lipinski definition) is 3. The summed E-state index contributed by atoms with van der Waals surface area (Å²) >= 11 is 0. The lowest BCUT2D eigenvalue weighted by atomic mass is 10.1. The van der Waals surface area contributed by atoms with Crippen LogP contribution in [0.1, 0.15) is 11.1 Å². The molecule has 0 aliphatic rings. The van der Waals surface area contributed by atoms with Gasteiger partial charge in [-0.3, -0.25) is 14.4 Å². The monoisotopic (exact) mass is 351 g/mol. The third-order valence-electron chi connectivity index (χ3n) is 3.47.